The minimum absolute atomic E-state index is 0.545. The van der Waals surface area contributed by atoms with Crippen LogP contribution in [0.2, 0.25) is 0 Å². The molecule has 1 saturated heterocycles. The molecular formula is C16H22O2S. The van der Waals surface area contributed by atoms with Gasteiger partial charge in [0.05, 0.1) is 12.9 Å². The Balaban J connectivity index is 1.65. The Morgan fingerprint density at radius 2 is 2.21 bits per heavy atom. The molecule has 3 heteroatoms. The number of allylic oxidation sites excluding steroid dienone is 1. The summed E-state index contributed by atoms with van der Waals surface area (Å²) in [6, 6.07) is 10.3. The van der Waals surface area contributed by atoms with Gasteiger partial charge in [0.2, 0.25) is 0 Å². The molecule has 0 bridgehead atoms. The van der Waals surface area contributed by atoms with Gasteiger partial charge in [0.25, 0.3) is 0 Å². The molecule has 0 spiro atoms. The van der Waals surface area contributed by atoms with Gasteiger partial charge in [-0.3, -0.25) is 4.21 Å². The van der Waals surface area contributed by atoms with Gasteiger partial charge in [-0.05, 0) is 43.2 Å². The molecule has 1 aromatic carbocycles. The van der Waals surface area contributed by atoms with E-state index in [0.717, 1.165) is 42.9 Å². The molecule has 1 aliphatic heterocycles. The molecule has 1 fully saturated rings. The molecule has 0 amide bonds. The Morgan fingerprint density at radius 3 is 2.89 bits per heavy atom. The van der Waals surface area contributed by atoms with Gasteiger partial charge in [-0.15, -0.1) is 0 Å². The maximum atomic E-state index is 11.3. The summed E-state index contributed by atoms with van der Waals surface area (Å²) in [6.45, 7) is 2.82. The van der Waals surface area contributed by atoms with Crippen molar-refractivity contribution in [2.75, 3.05) is 18.1 Å². The predicted molar refractivity (Wildman–Crippen MR) is 81.3 cm³/mol. The van der Waals surface area contributed by atoms with Crippen LogP contribution >= 0.6 is 0 Å². The second-order valence-corrected chi connectivity index (χ2v) is 6.77. The summed E-state index contributed by atoms with van der Waals surface area (Å²) in [5.41, 5.74) is 2.36. The first kappa shape index (κ1) is 14.3. The van der Waals surface area contributed by atoms with Gasteiger partial charge in [-0.1, -0.05) is 30.3 Å². The normalized spacial score (nSPS) is 23.5. The maximum Gasteiger partial charge on any atom is 0.0873 e. The maximum absolute atomic E-state index is 11.3. The molecule has 1 aromatic rings. The number of benzene rings is 1. The summed E-state index contributed by atoms with van der Waals surface area (Å²) in [5.74, 6) is 2.46. The fourth-order valence-corrected chi connectivity index (χ4v) is 3.99. The molecule has 19 heavy (non-hydrogen) atoms. The van der Waals surface area contributed by atoms with E-state index in [4.69, 9.17) is 4.74 Å². The van der Waals surface area contributed by atoms with Crippen LogP contribution in [0.3, 0.4) is 0 Å². The highest BCUT2D eigenvalue weighted by Gasteiger charge is 2.20. The molecule has 0 saturated carbocycles. The van der Waals surface area contributed by atoms with Crippen LogP contribution in [0.15, 0.2) is 36.6 Å². The van der Waals surface area contributed by atoms with E-state index in [1.807, 2.05) is 24.5 Å². The van der Waals surface area contributed by atoms with Crippen LogP contribution in [-0.4, -0.2) is 22.3 Å². The van der Waals surface area contributed by atoms with E-state index in [2.05, 4.69) is 19.1 Å². The van der Waals surface area contributed by atoms with Gasteiger partial charge in [0.15, 0.2) is 0 Å². The fraction of sp³-hybridized carbons (Fsp3) is 0.500. The highest BCUT2D eigenvalue weighted by atomic mass is 32.2. The number of rotatable bonds is 6. The van der Waals surface area contributed by atoms with Crippen molar-refractivity contribution in [2.24, 2.45) is 5.92 Å². The van der Waals surface area contributed by atoms with Crippen molar-refractivity contribution in [3.63, 3.8) is 0 Å². The summed E-state index contributed by atoms with van der Waals surface area (Å²) >= 11 is 0. The third-order valence-corrected chi connectivity index (χ3v) is 5.07. The second kappa shape index (κ2) is 7.49. The molecule has 2 atom stereocenters. The average Bonchev–Trinajstić information content (AvgIpc) is 2.85. The summed E-state index contributed by atoms with van der Waals surface area (Å²) in [6.07, 6.45) is 5.18. The lowest BCUT2D eigenvalue weighted by Gasteiger charge is -2.07. The third-order valence-electron chi connectivity index (χ3n) is 3.54. The van der Waals surface area contributed by atoms with E-state index in [1.54, 1.807) is 0 Å². The molecule has 0 N–H and O–H groups in total. The lowest BCUT2D eigenvalue weighted by molar-refractivity contribution is 0.236. The van der Waals surface area contributed by atoms with Crippen LogP contribution in [0.4, 0.5) is 0 Å². The van der Waals surface area contributed by atoms with Gasteiger partial charge in [0.1, 0.15) is 0 Å². The summed E-state index contributed by atoms with van der Waals surface area (Å²) in [5, 5.41) is 0. The Bertz CT molecular complexity index is 439. The smallest absolute Gasteiger partial charge is 0.0873 e. The monoisotopic (exact) mass is 278 g/mol. The molecule has 0 aliphatic carbocycles. The zero-order chi connectivity index (χ0) is 13.5. The van der Waals surface area contributed by atoms with Crippen molar-refractivity contribution in [2.45, 2.75) is 26.2 Å². The van der Waals surface area contributed by atoms with Gasteiger partial charge in [-0.2, -0.15) is 0 Å². The van der Waals surface area contributed by atoms with Crippen LogP contribution in [-0.2, 0) is 15.5 Å². The molecule has 1 aliphatic rings. The predicted octanol–water partition coefficient (Wildman–Crippen LogP) is 3.61. The molecule has 2 rings (SSSR count). The van der Waals surface area contributed by atoms with Gasteiger partial charge < -0.3 is 4.74 Å². The zero-order valence-corrected chi connectivity index (χ0v) is 12.3. The molecule has 0 radical (unpaired) electrons. The first-order valence-electron chi connectivity index (χ1n) is 6.94. The standard InChI is InChI=1S/C16H22O2S/c1-14(16-7-3-2-4-8-16)12-18-10-5-6-15-9-11-19(17)13-15/h2-4,7-8,12,15H,5-6,9-11,13H2,1H3/b14-12-. The van der Waals surface area contributed by atoms with Crippen molar-refractivity contribution >= 4 is 16.4 Å². The molecule has 0 aromatic heterocycles. The van der Waals surface area contributed by atoms with E-state index in [1.165, 1.54) is 5.56 Å². The minimum Gasteiger partial charge on any atom is -0.501 e. The van der Waals surface area contributed by atoms with Crippen LogP contribution in [0.5, 0.6) is 0 Å². The third kappa shape index (κ3) is 4.83. The molecular weight excluding hydrogens is 256 g/mol. The number of hydrogen-bond acceptors (Lipinski definition) is 2. The van der Waals surface area contributed by atoms with Crippen molar-refractivity contribution in [3.05, 3.63) is 42.2 Å². The van der Waals surface area contributed by atoms with Gasteiger partial charge in [0, 0.05) is 22.3 Å². The van der Waals surface area contributed by atoms with Gasteiger partial charge >= 0.3 is 0 Å². The highest BCUT2D eigenvalue weighted by Crippen LogP contribution is 2.20. The fourth-order valence-electron chi connectivity index (χ4n) is 2.36. The first-order chi connectivity index (χ1) is 9.25. The largest absolute Gasteiger partial charge is 0.501 e. The lowest BCUT2D eigenvalue weighted by Crippen LogP contribution is -2.02. The lowest BCUT2D eigenvalue weighted by atomic mass is 10.0. The Labute approximate surface area is 118 Å². The first-order valence-corrected chi connectivity index (χ1v) is 8.43. The van der Waals surface area contributed by atoms with E-state index in [9.17, 15) is 4.21 Å². The average molecular weight is 278 g/mol. The highest BCUT2D eigenvalue weighted by molar-refractivity contribution is 7.85. The quantitative estimate of drug-likeness (QED) is 0.587. The number of ether oxygens (including phenoxy) is 1. The van der Waals surface area contributed by atoms with E-state index in [-0.39, 0.29) is 0 Å². The SMILES string of the molecule is C/C(=C/OCCCC1CCS(=O)C1)c1ccccc1. The second-order valence-electron chi connectivity index (χ2n) is 5.15. The van der Waals surface area contributed by atoms with Crippen LogP contribution in [0.1, 0.15) is 31.7 Å². The topological polar surface area (TPSA) is 26.3 Å². The molecule has 2 nitrogen and oxygen atoms in total. The minimum atomic E-state index is -0.545. The summed E-state index contributed by atoms with van der Waals surface area (Å²) in [4.78, 5) is 0. The summed E-state index contributed by atoms with van der Waals surface area (Å²) < 4.78 is 16.9. The van der Waals surface area contributed by atoms with Gasteiger partial charge in [-0.25, -0.2) is 0 Å². The van der Waals surface area contributed by atoms with E-state index in [0.29, 0.717) is 5.92 Å². The van der Waals surface area contributed by atoms with Crippen LogP contribution in [0, 0.1) is 5.92 Å². The van der Waals surface area contributed by atoms with E-state index >= 15 is 0 Å². The van der Waals surface area contributed by atoms with Crippen LogP contribution < -0.4 is 0 Å². The Kier molecular flexibility index (Phi) is 5.64. The van der Waals surface area contributed by atoms with E-state index < -0.39 is 10.8 Å². The summed E-state index contributed by atoms with van der Waals surface area (Å²) in [7, 11) is -0.545. The number of hydrogen-bond donors (Lipinski definition) is 0. The molecule has 2 unspecified atom stereocenters. The van der Waals surface area contributed by atoms with Crippen molar-refractivity contribution in [1.82, 2.24) is 0 Å². The Hall–Kier alpha value is -1.09. The zero-order valence-electron chi connectivity index (χ0n) is 11.5. The van der Waals surface area contributed by atoms with Crippen molar-refractivity contribution in [1.29, 1.82) is 0 Å². The van der Waals surface area contributed by atoms with Crippen LogP contribution in [0.25, 0.3) is 5.57 Å². The van der Waals surface area contributed by atoms with Crippen molar-refractivity contribution in [3.8, 4) is 0 Å². The molecule has 1 heterocycles. The molecule has 104 valence electrons. The Morgan fingerprint density at radius 1 is 1.42 bits per heavy atom. The van der Waals surface area contributed by atoms with Crippen molar-refractivity contribution < 1.29 is 8.95 Å².